The van der Waals surface area contributed by atoms with Gasteiger partial charge in [-0.1, -0.05) is 12.1 Å². The molecule has 1 fully saturated rings. The highest BCUT2D eigenvalue weighted by Gasteiger charge is 2.34. The van der Waals surface area contributed by atoms with E-state index in [-0.39, 0.29) is 18.1 Å². The van der Waals surface area contributed by atoms with E-state index < -0.39 is 29.5 Å². The summed E-state index contributed by atoms with van der Waals surface area (Å²) in [6.07, 6.45) is 4.92. The van der Waals surface area contributed by atoms with Crippen LogP contribution in [0, 0.1) is 17.7 Å². The van der Waals surface area contributed by atoms with E-state index in [1.807, 2.05) is 0 Å². The first-order chi connectivity index (χ1) is 18.2. The number of rotatable bonds is 11. The fraction of sp³-hybridized carbons (Fsp3) is 0.464. The minimum Gasteiger partial charge on any atom is -0.505 e. The second-order valence-electron chi connectivity index (χ2n) is 10.0. The van der Waals surface area contributed by atoms with Gasteiger partial charge in [0.25, 0.3) is 5.91 Å². The minimum absolute atomic E-state index is 0.000246. The SMILES string of the molecule is CC(=O)N[C@@H](COc1cccc(OCC[C@H]2CC[C@H](CN3Cc4ccc(O)c(F)c4C3=O)CC2)c1)C(=O)O. The molecule has 1 aliphatic carbocycles. The van der Waals surface area contributed by atoms with Crippen LogP contribution in [0.2, 0.25) is 0 Å². The molecule has 4 rings (SSSR count). The standard InChI is InChI=1S/C28H33FN2O7/c1-17(32)30-23(28(35)36)16-38-22-4-2-3-21(13-22)37-12-11-18-5-7-19(8-6-18)14-31-15-20-9-10-24(33)26(29)25(20)27(31)34/h2-4,9-10,13,18-19,23,33H,5-8,11-12,14-16H2,1H3,(H,30,32)(H,35,36)/t18-,19-,23-/m0/s1. The fourth-order valence-electron chi connectivity index (χ4n) is 5.16. The van der Waals surface area contributed by atoms with E-state index in [2.05, 4.69) is 5.32 Å². The molecule has 1 saturated carbocycles. The van der Waals surface area contributed by atoms with Crippen LogP contribution in [0.1, 0.15) is 54.9 Å². The molecule has 3 N–H and O–H groups in total. The largest absolute Gasteiger partial charge is 0.505 e. The number of nitrogens with zero attached hydrogens (tertiary/aromatic N) is 1. The van der Waals surface area contributed by atoms with Gasteiger partial charge in [-0.15, -0.1) is 0 Å². The Morgan fingerprint density at radius 2 is 1.79 bits per heavy atom. The summed E-state index contributed by atoms with van der Waals surface area (Å²) in [5, 5.41) is 21.1. The quantitative estimate of drug-likeness (QED) is 0.406. The summed E-state index contributed by atoms with van der Waals surface area (Å²) in [5.74, 6) is -1.33. The zero-order chi connectivity index (χ0) is 27.2. The normalized spacial score (nSPS) is 19.5. The van der Waals surface area contributed by atoms with Crippen LogP contribution in [0.5, 0.6) is 17.2 Å². The van der Waals surface area contributed by atoms with Crippen molar-refractivity contribution in [2.24, 2.45) is 11.8 Å². The highest BCUT2D eigenvalue weighted by atomic mass is 19.1. The van der Waals surface area contributed by atoms with Crippen molar-refractivity contribution in [2.75, 3.05) is 19.8 Å². The molecule has 0 aromatic heterocycles. The Kier molecular flexibility index (Phi) is 8.70. The summed E-state index contributed by atoms with van der Waals surface area (Å²) in [4.78, 5) is 36.8. The lowest BCUT2D eigenvalue weighted by atomic mass is 9.80. The molecule has 2 aromatic carbocycles. The second-order valence-corrected chi connectivity index (χ2v) is 10.0. The Morgan fingerprint density at radius 3 is 2.47 bits per heavy atom. The zero-order valence-electron chi connectivity index (χ0n) is 21.3. The van der Waals surface area contributed by atoms with Crippen LogP contribution >= 0.6 is 0 Å². The highest BCUT2D eigenvalue weighted by Crippen LogP contribution is 2.35. The van der Waals surface area contributed by atoms with Crippen molar-refractivity contribution in [3.05, 3.63) is 53.3 Å². The summed E-state index contributed by atoms with van der Waals surface area (Å²) >= 11 is 0. The van der Waals surface area contributed by atoms with Crippen LogP contribution in [0.25, 0.3) is 0 Å². The number of hydrogen-bond acceptors (Lipinski definition) is 6. The average molecular weight is 529 g/mol. The molecule has 0 saturated heterocycles. The number of aliphatic carboxylic acids is 1. The summed E-state index contributed by atoms with van der Waals surface area (Å²) in [6.45, 7) is 2.56. The molecule has 2 aliphatic rings. The van der Waals surface area contributed by atoms with E-state index in [4.69, 9.17) is 9.47 Å². The van der Waals surface area contributed by atoms with Crippen LogP contribution in [-0.4, -0.2) is 58.7 Å². The van der Waals surface area contributed by atoms with E-state index in [0.717, 1.165) is 32.1 Å². The van der Waals surface area contributed by atoms with Crippen LogP contribution in [0.15, 0.2) is 36.4 Å². The molecule has 0 radical (unpaired) electrons. The third kappa shape index (κ3) is 6.73. The number of nitrogens with one attached hydrogen (secondary N) is 1. The monoisotopic (exact) mass is 528 g/mol. The van der Waals surface area contributed by atoms with Crippen LogP contribution in [0.4, 0.5) is 4.39 Å². The van der Waals surface area contributed by atoms with Gasteiger partial charge in [0, 0.05) is 26.1 Å². The number of benzene rings is 2. The molecule has 204 valence electrons. The molecule has 10 heteroatoms. The molecular formula is C28H33FN2O7. The number of halogens is 1. The first-order valence-electron chi connectivity index (χ1n) is 12.9. The van der Waals surface area contributed by atoms with Crippen molar-refractivity contribution in [2.45, 2.75) is 51.6 Å². The van der Waals surface area contributed by atoms with E-state index in [1.54, 1.807) is 35.2 Å². The van der Waals surface area contributed by atoms with E-state index in [1.165, 1.54) is 13.0 Å². The highest BCUT2D eigenvalue weighted by molar-refractivity contribution is 5.99. The van der Waals surface area contributed by atoms with Crippen molar-refractivity contribution in [1.82, 2.24) is 10.2 Å². The number of phenols is 1. The Labute approximate surface area is 220 Å². The molecule has 0 bridgehead atoms. The van der Waals surface area contributed by atoms with Crippen molar-refractivity contribution in [1.29, 1.82) is 0 Å². The van der Waals surface area contributed by atoms with Gasteiger partial charge < -0.3 is 29.9 Å². The molecule has 0 spiro atoms. The van der Waals surface area contributed by atoms with Crippen LogP contribution in [-0.2, 0) is 16.1 Å². The Bertz CT molecular complexity index is 1180. The third-order valence-corrected chi connectivity index (χ3v) is 7.21. The van der Waals surface area contributed by atoms with Gasteiger partial charge in [-0.3, -0.25) is 9.59 Å². The predicted molar refractivity (Wildman–Crippen MR) is 136 cm³/mol. The van der Waals surface area contributed by atoms with Gasteiger partial charge in [-0.25, -0.2) is 9.18 Å². The summed E-state index contributed by atoms with van der Waals surface area (Å²) in [7, 11) is 0. The maximum absolute atomic E-state index is 14.2. The fourth-order valence-corrected chi connectivity index (χ4v) is 5.16. The molecule has 1 atom stereocenters. The predicted octanol–water partition coefficient (Wildman–Crippen LogP) is 3.73. The maximum Gasteiger partial charge on any atom is 0.329 e. The van der Waals surface area contributed by atoms with E-state index in [0.29, 0.717) is 48.6 Å². The minimum atomic E-state index is -1.17. The van der Waals surface area contributed by atoms with Crippen molar-refractivity contribution < 1.29 is 38.5 Å². The first kappa shape index (κ1) is 27.2. The van der Waals surface area contributed by atoms with Crippen LogP contribution in [0.3, 0.4) is 0 Å². The third-order valence-electron chi connectivity index (χ3n) is 7.21. The number of aromatic hydroxyl groups is 1. The lowest BCUT2D eigenvalue weighted by Crippen LogP contribution is -2.43. The van der Waals surface area contributed by atoms with Gasteiger partial charge in [0.1, 0.15) is 18.1 Å². The number of hydrogen-bond donors (Lipinski definition) is 3. The number of carbonyl (C=O) groups excluding carboxylic acids is 2. The van der Waals surface area contributed by atoms with E-state index in [9.17, 15) is 29.0 Å². The number of amides is 2. The van der Waals surface area contributed by atoms with Gasteiger partial charge in [-0.05, 0) is 67.7 Å². The number of carbonyl (C=O) groups is 3. The van der Waals surface area contributed by atoms with Crippen molar-refractivity contribution in [3.8, 4) is 17.2 Å². The lowest BCUT2D eigenvalue weighted by Gasteiger charge is -2.31. The van der Waals surface area contributed by atoms with Gasteiger partial charge in [-0.2, -0.15) is 0 Å². The molecule has 1 aliphatic heterocycles. The molecule has 38 heavy (non-hydrogen) atoms. The topological polar surface area (TPSA) is 125 Å². The summed E-state index contributed by atoms with van der Waals surface area (Å²) in [6, 6.07) is 8.72. The zero-order valence-corrected chi connectivity index (χ0v) is 21.3. The van der Waals surface area contributed by atoms with Crippen molar-refractivity contribution >= 4 is 17.8 Å². The first-order valence-corrected chi connectivity index (χ1v) is 12.9. The van der Waals surface area contributed by atoms with Gasteiger partial charge in [0.2, 0.25) is 5.91 Å². The van der Waals surface area contributed by atoms with Gasteiger partial charge >= 0.3 is 5.97 Å². The Hall–Kier alpha value is -3.82. The van der Waals surface area contributed by atoms with Crippen LogP contribution < -0.4 is 14.8 Å². The average Bonchev–Trinajstić information content (AvgIpc) is 3.20. The Morgan fingerprint density at radius 1 is 1.11 bits per heavy atom. The molecule has 1 heterocycles. The number of fused-ring (bicyclic) bond motifs is 1. The molecule has 9 nitrogen and oxygen atoms in total. The smallest absolute Gasteiger partial charge is 0.329 e. The van der Waals surface area contributed by atoms with Gasteiger partial charge in [0.05, 0.1) is 12.2 Å². The van der Waals surface area contributed by atoms with Gasteiger partial charge in [0.15, 0.2) is 17.6 Å². The van der Waals surface area contributed by atoms with E-state index >= 15 is 0 Å². The number of carboxylic acid groups (broad SMARTS) is 1. The molecule has 2 amide bonds. The molecule has 0 unspecified atom stereocenters. The maximum atomic E-state index is 14.2. The number of phenolic OH excluding ortho intramolecular Hbond substituents is 1. The second kappa shape index (κ2) is 12.1. The summed E-state index contributed by atoms with van der Waals surface area (Å²) in [5.41, 5.74) is 0.625. The molecular weight excluding hydrogens is 495 g/mol. The number of carboxylic acids is 1. The van der Waals surface area contributed by atoms with Crippen molar-refractivity contribution in [3.63, 3.8) is 0 Å². The summed E-state index contributed by atoms with van der Waals surface area (Å²) < 4.78 is 25.6. The number of ether oxygens (including phenoxy) is 2. The Balaban J connectivity index is 1.18. The lowest BCUT2D eigenvalue weighted by molar-refractivity contribution is -0.142. The molecule has 2 aromatic rings.